The maximum atomic E-state index is 11.7. The van der Waals surface area contributed by atoms with Crippen LogP contribution in [-0.2, 0) is 16.3 Å². The smallest absolute Gasteiger partial charge is 0.156 e. The molecule has 1 atom stereocenters. The van der Waals surface area contributed by atoms with Gasteiger partial charge in [0, 0.05) is 12.2 Å². The Morgan fingerprint density at radius 2 is 2.21 bits per heavy atom. The summed E-state index contributed by atoms with van der Waals surface area (Å²) in [5.74, 6) is 1.10. The highest BCUT2D eigenvalue weighted by Gasteiger charge is 2.31. The SMILES string of the molecule is O=S1(=O)CCCC1COc1ccc2c(c1)CCCN2. The molecule has 1 fully saturated rings. The van der Waals surface area contributed by atoms with Gasteiger partial charge in [0.2, 0.25) is 0 Å². The van der Waals surface area contributed by atoms with Crippen molar-refractivity contribution in [1.82, 2.24) is 0 Å². The van der Waals surface area contributed by atoms with Crippen molar-refractivity contribution in [2.24, 2.45) is 0 Å². The van der Waals surface area contributed by atoms with Crippen LogP contribution in [-0.4, -0.2) is 32.6 Å². The van der Waals surface area contributed by atoms with E-state index >= 15 is 0 Å². The van der Waals surface area contributed by atoms with Crippen LogP contribution >= 0.6 is 0 Å². The van der Waals surface area contributed by atoms with E-state index in [1.807, 2.05) is 18.2 Å². The largest absolute Gasteiger partial charge is 0.492 e. The van der Waals surface area contributed by atoms with Gasteiger partial charge in [-0.3, -0.25) is 0 Å². The first-order chi connectivity index (χ1) is 9.15. The zero-order valence-electron chi connectivity index (χ0n) is 10.9. The van der Waals surface area contributed by atoms with Gasteiger partial charge in [0.15, 0.2) is 9.84 Å². The quantitative estimate of drug-likeness (QED) is 0.920. The monoisotopic (exact) mass is 281 g/mol. The highest BCUT2D eigenvalue weighted by molar-refractivity contribution is 7.92. The first kappa shape index (κ1) is 12.8. The average Bonchev–Trinajstić information content (AvgIpc) is 2.75. The van der Waals surface area contributed by atoms with Gasteiger partial charge in [-0.25, -0.2) is 8.42 Å². The lowest BCUT2D eigenvalue weighted by Crippen LogP contribution is -2.23. The van der Waals surface area contributed by atoms with Gasteiger partial charge in [0.1, 0.15) is 12.4 Å². The molecule has 2 aliphatic rings. The molecule has 0 bridgehead atoms. The molecule has 1 saturated heterocycles. The lowest BCUT2D eigenvalue weighted by molar-refractivity contribution is 0.311. The maximum Gasteiger partial charge on any atom is 0.156 e. The van der Waals surface area contributed by atoms with Crippen LogP contribution in [0.3, 0.4) is 0 Å². The van der Waals surface area contributed by atoms with Gasteiger partial charge in [-0.05, 0) is 49.4 Å². The van der Waals surface area contributed by atoms with E-state index in [4.69, 9.17) is 4.74 Å². The number of rotatable bonds is 3. The lowest BCUT2D eigenvalue weighted by atomic mass is 10.0. The van der Waals surface area contributed by atoms with E-state index in [1.54, 1.807) is 0 Å². The number of ether oxygens (including phenoxy) is 1. The van der Waals surface area contributed by atoms with E-state index in [-0.39, 0.29) is 11.9 Å². The minimum Gasteiger partial charge on any atom is -0.492 e. The molecule has 0 aliphatic carbocycles. The molecule has 0 radical (unpaired) electrons. The number of fused-ring (bicyclic) bond motifs is 1. The summed E-state index contributed by atoms with van der Waals surface area (Å²) < 4.78 is 29.1. The van der Waals surface area contributed by atoms with E-state index < -0.39 is 9.84 Å². The number of sulfone groups is 1. The van der Waals surface area contributed by atoms with Crippen molar-refractivity contribution >= 4 is 15.5 Å². The van der Waals surface area contributed by atoms with E-state index in [2.05, 4.69) is 5.32 Å². The van der Waals surface area contributed by atoms with Crippen LogP contribution in [0.2, 0.25) is 0 Å². The fraction of sp³-hybridized carbons (Fsp3) is 0.571. The Bertz CT molecular complexity index is 568. The van der Waals surface area contributed by atoms with E-state index in [0.29, 0.717) is 5.75 Å². The third kappa shape index (κ3) is 2.71. The van der Waals surface area contributed by atoms with Crippen molar-refractivity contribution in [3.05, 3.63) is 23.8 Å². The predicted octanol–water partition coefficient (Wildman–Crippen LogP) is 2.00. The Kier molecular flexibility index (Phi) is 3.39. The Hall–Kier alpha value is -1.23. The molecule has 1 aromatic rings. The van der Waals surface area contributed by atoms with Crippen molar-refractivity contribution in [2.75, 3.05) is 24.2 Å². The molecule has 2 heterocycles. The summed E-state index contributed by atoms with van der Waals surface area (Å²) in [6.45, 7) is 1.31. The van der Waals surface area contributed by atoms with Crippen LogP contribution in [0.25, 0.3) is 0 Å². The van der Waals surface area contributed by atoms with Gasteiger partial charge in [-0.2, -0.15) is 0 Å². The number of aryl methyl sites for hydroxylation is 1. The second kappa shape index (κ2) is 5.04. The van der Waals surface area contributed by atoms with Crippen LogP contribution in [0, 0.1) is 0 Å². The van der Waals surface area contributed by atoms with Crippen LogP contribution < -0.4 is 10.1 Å². The fourth-order valence-electron chi connectivity index (χ4n) is 2.78. The first-order valence-corrected chi connectivity index (χ1v) is 8.58. The van der Waals surface area contributed by atoms with Gasteiger partial charge in [0.05, 0.1) is 11.0 Å². The number of anilines is 1. The molecule has 19 heavy (non-hydrogen) atoms. The highest BCUT2D eigenvalue weighted by Crippen LogP contribution is 2.27. The van der Waals surface area contributed by atoms with Crippen molar-refractivity contribution < 1.29 is 13.2 Å². The Morgan fingerprint density at radius 3 is 3.00 bits per heavy atom. The van der Waals surface area contributed by atoms with Crippen molar-refractivity contribution in [2.45, 2.75) is 30.9 Å². The molecule has 0 spiro atoms. The molecule has 3 rings (SSSR count). The van der Waals surface area contributed by atoms with Crippen molar-refractivity contribution in [1.29, 1.82) is 0 Å². The number of hydrogen-bond donors (Lipinski definition) is 1. The van der Waals surface area contributed by atoms with E-state index in [0.717, 1.165) is 38.0 Å². The molecule has 5 heteroatoms. The first-order valence-electron chi connectivity index (χ1n) is 6.86. The maximum absolute atomic E-state index is 11.7. The minimum absolute atomic E-state index is 0.286. The molecule has 4 nitrogen and oxygen atoms in total. The van der Waals surface area contributed by atoms with Gasteiger partial charge < -0.3 is 10.1 Å². The molecule has 104 valence electrons. The number of benzene rings is 1. The lowest BCUT2D eigenvalue weighted by Gasteiger charge is -2.19. The normalized spacial score (nSPS) is 24.5. The summed E-state index contributed by atoms with van der Waals surface area (Å²) in [5, 5.41) is 3.03. The zero-order valence-corrected chi connectivity index (χ0v) is 11.7. The van der Waals surface area contributed by atoms with Gasteiger partial charge in [0.25, 0.3) is 0 Å². The molecule has 0 amide bonds. The molecule has 1 aromatic carbocycles. The summed E-state index contributed by atoms with van der Waals surface area (Å²) in [4.78, 5) is 0. The van der Waals surface area contributed by atoms with Gasteiger partial charge in [-0.15, -0.1) is 0 Å². The predicted molar refractivity (Wildman–Crippen MR) is 75.6 cm³/mol. The second-order valence-electron chi connectivity index (χ2n) is 5.29. The minimum atomic E-state index is -2.91. The third-order valence-corrected chi connectivity index (χ3v) is 6.16. The summed E-state index contributed by atoms with van der Waals surface area (Å²) in [5.41, 5.74) is 2.44. The Labute approximate surface area is 114 Å². The molecular formula is C14H19NO3S. The van der Waals surface area contributed by atoms with Crippen molar-refractivity contribution in [3.8, 4) is 5.75 Å². The third-order valence-electron chi connectivity index (χ3n) is 3.91. The second-order valence-corrected chi connectivity index (χ2v) is 7.69. The topological polar surface area (TPSA) is 55.4 Å². The molecule has 1 unspecified atom stereocenters. The molecule has 1 N–H and O–H groups in total. The number of nitrogens with one attached hydrogen (secondary N) is 1. The number of hydrogen-bond acceptors (Lipinski definition) is 4. The summed E-state index contributed by atoms with van der Waals surface area (Å²) in [7, 11) is -2.91. The van der Waals surface area contributed by atoms with Crippen LogP contribution in [0.15, 0.2) is 18.2 Å². The molecule has 0 aromatic heterocycles. The van der Waals surface area contributed by atoms with E-state index in [1.165, 1.54) is 11.3 Å². The average molecular weight is 281 g/mol. The van der Waals surface area contributed by atoms with Crippen molar-refractivity contribution in [3.63, 3.8) is 0 Å². The molecular weight excluding hydrogens is 262 g/mol. The summed E-state index contributed by atoms with van der Waals surface area (Å²) >= 11 is 0. The van der Waals surface area contributed by atoms with Crippen LogP contribution in [0.4, 0.5) is 5.69 Å². The molecule has 2 aliphatic heterocycles. The van der Waals surface area contributed by atoms with Gasteiger partial charge in [-0.1, -0.05) is 0 Å². The summed E-state index contributed by atoms with van der Waals surface area (Å²) in [6, 6.07) is 5.97. The molecule has 0 saturated carbocycles. The Morgan fingerprint density at radius 1 is 1.32 bits per heavy atom. The zero-order chi connectivity index (χ0) is 13.3. The fourth-order valence-corrected chi connectivity index (χ4v) is 4.48. The van der Waals surface area contributed by atoms with Gasteiger partial charge >= 0.3 is 0 Å². The van der Waals surface area contributed by atoms with Crippen LogP contribution in [0.1, 0.15) is 24.8 Å². The standard InChI is InChI=1S/C14H19NO3S/c16-19(17)8-2-4-13(19)10-18-12-5-6-14-11(9-12)3-1-7-15-14/h5-6,9,13,15H,1-4,7-8,10H2. The Balaban J connectivity index is 1.67. The highest BCUT2D eigenvalue weighted by atomic mass is 32.2. The van der Waals surface area contributed by atoms with E-state index in [9.17, 15) is 8.42 Å². The van der Waals surface area contributed by atoms with Crippen LogP contribution in [0.5, 0.6) is 5.75 Å². The summed E-state index contributed by atoms with van der Waals surface area (Å²) in [6.07, 6.45) is 3.69.